The molecule has 7 nitrogen and oxygen atoms in total. The molecule has 2 fully saturated rings. The molecule has 0 radical (unpaired) electrons. The zero-order chi connectivity index (χ0) is 24.7. The van der Waals surface area contributed by atoms with Crippen LogP contribution in [0.4, 0.5) is 20.4 Å². The van der Waals surface area contributed by atoms with Crippen molar-refractivity contribution in [2.24, 2.45) is 0 Å². The van der Waals surface area contributed by atoms with Gasteiger partial charge in [0.2, 0.25) is 0 Å². The number of morpholine rings is 1. The highest BCUT2D eigenvalue weighted by molar-refractivity contribution is 5.95. The van der Waals surface area contributed by atoms with E-state index in [1.165, 1.54) is 31.4 Å². The molecule has 5 rings (SSSR count). The number of methoxy groups -OCH3 is 1. The fourth-order valence-corrected chi connectivity index (χ4v) is 5.03. The number of hydrogen-bond donors (Lipinski definition) is 0. The Balaban J connectivity index is 1.68. The molecule has 3 heterocycles. The van der Waals surface area contributed by atoms with Crippen LogP contribution in [-0.4, -0.2) is 45.4 Å². The molecule has 2 atom stereocenters. The van der Waals surface area contributed by atoms with Crippen LogP contribution in [0.1, 0.15) is 41.7 Å². The molecule has 1 unspecified atom stereocenters. The van der Waals surface area contributed by atoms with Crippen molar-refractivity contribution in [3.8, 4) is 0 Å². The number of carbonyl (C=O) groups is 1. The van der Waals surface area contributed by atoms with Crippen molar-refractivity contribution in [1.82, 2.24) is 0 Å². The zero-order valence-electron chi connectivity index (χ0n) is 19.6. The van der Waals surface area contributed by atoms with E-state index in [2.05, 4.69) is 0 Å². The number of rotatable bonds is 4. The van der Waals surface area contributed by atoms with Crippen LogP contribution in [0.2, 0.25) is 0 Å². The Bertz CT molecular complexity index is 1320. The van der Waals surface area contributed by atoms with Gasteiger partial charge in [-0.05, 0) is 44.0 Å². The van der Waals surface area contributed by atoms with Gasteiger partial charge in [-0.1, -0.05) is 0 Å². The second-order valence-electron chi connectivity index (χ2n) is 8.99. The highest BCUT2D eigenvalue weighted by Gasteiger charge is 2.31. The standard InChI is InChI=1S/C26H26F2N2O5/c1-15-14-29(6-7-34-15)24-13-23(31)21-9-16(26(32)33-2)8-20(25(21)35-24)22-4-3-5-30(22)19-11-17(27)10-18(28)12-19/h8-13,15,22H,3-7,14H2,1-2H3/t15-,22?/m1/s1. The van der Waals surface area contributed by atoms with Gasteiger partial charge in [0.1, 0.15) is 17.2 Å². The number of carbonyl (C=O) groups excluding carboxylic acids is 1. The number of benzene rings is 2. The van der Waals surface area contributed by atoms with E-state index in [4.69, 9.17) is 13.9 Å². The normalized spacial score (nSPS) is 20.5. The highest BCUT2D eigenvalue weighted by Crippen LogP contribution is 2.40. The molecule has 2 saturated heterocycles. The first-order chi connectivity index (χ1) is 16.8. The summed E-state index contributed by atoms with van der Waals surface area (Å²) in [6, 6.07) is 7.60. The summed E-state index contributed by atoms with van der Waals surface area (Å²) in [6.45, 7) is 4.17. The third kappa shape index (κ3) is 4.48. The molecule has 184 valence electrons. The molecule has 0 N–H and O–H groups in total. The third-order valence-electron chi connectivity index (χ3n) is 6.61. The fraction of sp³-hybridized carbons (Fsp3) is 0.385. The maximum Gasteiger partial charge on any atom is 0.337 e. The van der Waals surface area contributed by atoms with E-state index in [1.807, 2.05) is 16.7 Å². The van der Waals surface area contributed by atoms with E-state index in [9.17, 15) is 18.4 Å². The van der Waals surface area contributed by atoms with Crippen molar-refractivity contribution in [1.29, 1.82) is 0 Å². The number of esters is 1. The van der Waals surface area contributed by atoms with Gasteiger partial charge < -0.3 is 23.7 Å². The molecular weight excluding hydrogens is 458 g/mol. The van der Waals surface area contributed by atoms with Gasteiger partial charge in [-0.25, -0.2) is 13.6 Å². The van der Waals surface area contributed by atoms with Crippen LogP contribution in [0.15, 0.2) is 45.6 Å². The summed E-state index contributed by atoms with van der Waals surface area (Å²) in [5.41, 5.74) is 1.28. The van der Waals surface area contributed by atoms with Crippen LogP contribution in [0.3, 0.4) is 0 Å². The number of nitrogens with zero attached hydrogens (tertiary/aromatic N) is 2. The smallest absolute Gasteiger partial charge is 0.337 e. The zero-order valence-corrected chi connectivity index (χ0v) is 19.6. The summed E-state index contributed by atoms with van der Waals surface area (Å²) in [5, 5.41) is 0.255. The quantitative estimate of drug-likeness (QED) is 0.508. The lowest BCUT2D eigenvalue weighted by atomic mass is 9.98. The van der Waals surface area contributed by atoms with E-state index in [1.54, 1.807) is 6.07 Å². The lowest BCUT2D eigenvalue weighted by molar-refractivity contribution is 0.0517. The maximum atomic E-state index is 14.0. The average molecular weight is 484 g/mol. The topological polar surface area (TPSA) is 72.2 Å². The number of ether oxygens (including phenoxy) is 2. The van der Waals surface area contributed by atoms with Crippen LogP contribution >= 0.6 is 0 Å². The first kappa shape index (κ1) is 23.3. The average Bonchev–Trinajstić information content (AvgIpc) is 3.32. The van der Waals surface area contributed by atoms with E-state index in [0.29, 0.717) is 55.4 Å². The Morgan fingerprint density at radius 3 is 2.57 bits per heavy atom. The Morgan fingerprint density at radius 2 is 1.86 bits per heavy atom. The molecule has 2 aliphatic rings. The van der Waals surface area contributed by atoms with Crippen LogP contribution in [-0.2, 0) is 9.47 Å². The maximum absolute atomic E-state index is 14.0. The second-order valence-corrected chi connectivity index (χ2v) is 8.99. The van der Waals surface area contributed by atoms with E-state index >= 15 is 0 Å². The molecule has 2 aliphatic heterocycles. The van der Waals surface area contributed by atoms with Crippen molar-refractivity contribution in [2.75, 3.05) is 43.2 Å². The first-order valence-corrected chi connectivity index (χ1v) is 11.6. The second kappa shape index (κ2) is 9.30. The molecule has 0 aliphatic carbocycles. The summed E-state index contributed by atoms with van der Waals surface area (Å²) in [7, 11) is 1.27. The van der Waals surface area contributed by atoms with E-state index < -0.39 is 17.6 Å². The summed E-state index contributed by atoms with van der Waals surface area (Å²) in [5.74, 6) is -1.51. The Kier molecular flexibility index (Phi) is 6.19. The molecule has 1 aromatic heterocycles. The Labute approximate surface area is 200 Å². The Hall–Kier alpha value is -3.46. The molecule has 0 spiro atoms. The minimum atomic E-state index is -0.672. The largest absolute Gasteiger partial charge is 0.465 e. The van der Waals surface area contributed by atoms with E-state index in [-0.39, 0.29) is 28.5 Å². The molecule has 3 aromatic rings. The number of fused-ring (bicyclic) bond motifs is 1. The van der Waals surface area contributed by atoms with Gasteiger partial charge in [-0.15, -0.1) is 0 Å². The fourth-order valence-electron chi connectivity index (χ4n) is 5.03. The number of anilines is 2. The van der Waals surface area contributed by atoms with Crippen molar-refractivity contribution < 1.29 is 27.5 Å². The van der Waals surface area contributed by atoms with Gasteiger partial charge in [0.25, 0.3) is 0 Å². The van der Waals surface area contributed by atoms with Gasteiger partial charge in [0, 0.05) is 43.0 Å². The lowest BCUT2D eigenvalue weighted by Gasteiger charge is -2.32. The minimum Gasteiger partial charge on any atom is -0.465 e. The molecule has 0 bridgehead atoms. The predicted molar refractivity (Wildman–Crippen MR) is 127 cm³/mol. The number of hydrogen-bond acceptors (Lipinski definition) is 7. The van der Waals surface area contributed by atoms with Crippen molar-refractivity contribution >= 4 is 28.5 Å². The van der Waals surface area contributed by atoms with Gasteiger partial charge in [0.05, 0.1) is 36.8 Å². The van der Waals surface area contributed by atoms with Crippen LogP contribution in [0.25, 0.3) is 11.0 Å². The van der Waals surface area contributed by atoms with Crippen molar-refractivity contribution in [3.05, 3.63) is 69.4 Å². The monoisotopic (exact) mass is 484 g/mol. The Morgan fingerprint density at radius 1 is 1.09 bits per heavy atom. The SMILES string of the molecule is COC(=O)c1cc(C2CCCN2c2cc(F)cc(F)c2)c2oc(N3CCO[C@H](C)C3)cc(=O)c2c1. The van der Waals surface area contributed by atoms with Crippen molar-refractivity contribution in [3.63, 3.8) is 0 Å². The van der Waals surface area contributed by atoms with Gasteiger partial charge in [0.15, 0.2) is 11.3 Å². The summed E-state index contributed by atoms with van der Waals surface area (Å²) < 4.78 is 44.9. The molecule has 35 heavy (non-hydrogen) atoms. The van der Waals surface area contributed by atoms with Gasteiger partial charge in [-0.2, -0.15) is 0 Å². The van der Waals surface area contributed by atoms with Gasteiger partial charge in [-0.3, -0.25) is 4.79 Å². The molecule has 0 amide bonds. The predicted octanol–water partition coefficient (Wildman–Crippen LogP) is 4.42. The van der Waals surface area contributed by atoms with Gasteiger partial charge >= 0.3 is 5.97 Å². The lowest BCUT2D eigenvalue weighted by Crippen LogP contribution is -2.41. The molecule has 2 aromatic carbocycles. The summed E-state index contributed by atoms with van der Waals surface area (Å²) in [4.78, 5) is 29.5. The molecule has 0 saturated carbocycles. The van der Waals surface area contributed by atoms with Crippen LogP contribution < -0.4 is 15.2 Å². The van der Waals surface area contributed by atoms with Crippen LogP contribution in [0.5, 0.6) is 0 Å². The summed E-state index contributed by atoms with van der Waals surface area (Å²) in [6.07, 6.45) is 1.40. The number of halogens is 2. The van der Waals surface area contributed by atoms with Crippen LogP contribution in [0, 0.1) is 11.6 Å². The highest BCUT2D eigenvalue weighted by atomic mass is 19.1. The third-order valence-corrected chi connectivity index (χ3v) is 6.61. The molecule has 9 heteroatoms. The van der Waals surface area contributed by atoms with E-state index in [0.717, 1.165) is 12.5 Å². The van der Waals surface area contributed by atoms with Crippen molar-refractivity contribution in [2.45, 2.75) is 31.9 Å². The first-order valence-electron chi connectivity index (χ1n) is 11.6. The molecular formula is C26H26F2N2O5. The summed E-state index contributed by atoms with van der Waals surface area (Å²) >= 11 is 0. The minimum absolute atomic E-state index is 0.0147.